The van der Waals surface area contributed by atoms with E-state index in [0.717, 1.165) is 23.4 Å². The van der Waals surface area contributed by atoms with Crippen LogP contribution in [0.2, 0.25) is 0 Å². The van der Waals surface area contributed by atoms with Gasteiger partial charge in [0.2, 0.25) is 0 Å². The van der Waals surface area contributed by atoms with Crippen molar-refractivity contribution >= 4 is 5.69 Å². The number of nitrogens with one attached hydrogen (secondary N) is 1. The lowest BCUT2D eigenvalue weighted by molar-refractivity contribution is 0.564. The van der Waals surface area contributed by atoms with Crippen LogP contribution in [0.3, 0.4) is 0 Å². The summed E-state index contributed by atoms with van der Waals surface area (Å²) in [5, 5.41) is 12.1. The third kappa shape index (κ3) is 2.23. The Hall–Kier alpha value is -2.21. The molecule has 0 amide bonds. The molecule has 0 unspecified atom stereocenters. The first-order chi connectivity index (χ1) is 7.79. The number of anilines is 1. The molecule has 0 aliphatic carbocycles. The van der Waals surface area contributed by atoms with E-state index < -0.39 is 0 Å². The molecule has 1 N–H and O–H groups in total. The average Bonchev–Trinajstić information content (AvgIpc) is 2.79. The van der Waals surface area contributed by atoms with Crippen molar-refractivity contribution in [3.8, 4) is 6.07 Å². The molecule has 2 aromatic rings. The van der Waals surface area contributed by atoms with Crippen LogP contribution in [0.25, 0.3) is 0 Å². The van der Waals surface area contributed by atoms with Crippen molar-refractivity contribution in [2.75, 3.05) is 5.32 Å². The lowest BCUT2D eigenvalue weighted by atomic mass is 10.1. The third-order valence-corrected chi connectivity index (χ3v) is 2.42. The van der Waals surface area contributed by atoms with Gasteiger partial charge in [-0.2, -0.15) is 5.26 Å². The molecule has 0 atom stereocenters. The van der Waals surface area contributed by atoms with Gasteiger partial charge >= 0.3 is 0 Å². The van der Waals surface area contributed by atoms with E-state index in [1.165, 1.54) is 0 Å². The smallest absolute Gasteiger partial charge is 0.0994 e. The van der Waals surface area contributed by atoms with Crippen LogP contribution in [0.4, 0.5) is 5.69 Å². The molecule has 80 valence electrons. The fraction of sp³-hybridized carbons (Fsp3) is 0.154. The first kappa shape index (κ1) is 10.3. The van der Waals surface area contributed by atoms with Gasteiger partial charge in [-0.3, -0.25) is 0 Å². The quantitative estimate of drug-likeness (QED) is 0.850. The van der Waals surface area contributed by atoms with Crippen LogP contribution in [0.1, 0.15) is 16.7 Å². The largest absolute Gasteiger partial charge is 0.472 e. The molecule has 0 aliphatic heterocycles. The highest BCUT2D eigenvalue weighted by atomic mass is 16.3. The topological polar surface area (TPSA) is 49.0 Å². The van der Waals surface area contributed by atoms with Gasteiger partial charge in [0.1, 0.15) is 0 Å². The standard InChI is InChI=1S/C13H12N2O/c1-10-6-13(3-2-12(10)7-14)15-8-11-4-5-16-9-11/h2-6,9,15H,8H2,1H3. The summed E-state index contributed by atoms with van der Waals surface area (Å²) >= 11 is 0. The van der Waals surface area contributed by atoms with Crippen LogP contribution < -0.4 is 5.32 Å². The first-order valence-electron chi connectivity index (χ1n) is 5.05. The summed E-state index contributed by atoms with van der Waals surface area (Å²) in [5.74, 6) is 0. The Bertz CT molecular complexity index is 509. The number of nitrogens with zero attached hydrogens (tertiary/aromatic N) is 1. The van der Waals surface area contributed by atoms with Gasteiger partial charge in [-0.15, -0.1) is 0 Å². The number of rotatable bonds is 3. The van der Waals surface area contributed by atoms with E-state index in [9.17, 15) is 0 Å². The van der Waals surface area contributed by atoms with Crippen molar-refractivity contribution in [3.05, 3.63) is 53.5 Å². The van der Waals surface area contributed by atoms with Crippen LogP contribution in [-0.2, 0) is 6.54 Å². The maximum atomic E-state index is 8.81. The number of furan rings is 1. The maximum absolute atomic E-state index is 8.81. The summed E-state index contributed by atoms with van der Waals surface area (Å²) in [6, 6.07) is 9.78. The van der Waals surface area contributed by atoms with Crippen molar-refractivity contribution in [3.63, 3.8) is 0 Å². The van der Waals surface area contributed by atoms with E-state index in [4.69, 9.17) is 9.68 Å². The minimum absolute atomic E-state index is 0.717. The fourth-order valence-corrected chi connectivity index (χ4v) is 1.50. The zero-order valence-corrected chi connectivity index (χ0v) is 9.03. The third-order valence-electron chi connectivity index (χ3n) is 2.42. The number of nitriles is 1. The Kier molecular flexibility index (Phi) is 2.93. The van der Waals surface area contributed by atoms with E-state index in [-0.39, 0.29) is 0 Å². The molecule has 1 heterocycles. The fourth-order valence-electron chi connectivity index (χ4n) is 1.50. The van der Waals surface area contributed by atoms with Gasteiger partial charge in [-0.1, -0.05) is 0 Å². The molecular weight excluding hydrogens is 200 g/mol. The second-order valence-electron chi connectivity index (χ2n) is 3.63. The van der Waals surface area contributed by atoms with Gasteiger partial charge < -0.3 is 9.73 Å². The van der Waals surface area contributed by atoms with Gasteiger partial charge in [0.05, 0.1) is 24.2 Å². The molecule has 16 heavy (non-hydrogen) atoms. The summed E-state index contributed by atoms with van der Waals surface area (Å²) in [7, 11) is 0. The Labute approximate surface area is 94.3 Å². The van der Waals surface area contributed by atoms with Crippen LogP contribution >= 0.6 is 0 Å². The summed E-state index contributed by atoms with van der Waals surface area (Å²) < 4.78 is 4.98. The Morgan fingerprint density at radius 3 is 2.88 bits per heavy atom. The molecule has 2 rings (SSSR count). The van der Waals surface area contributed by atoms with Crippen molar-refractivity contribution in [1.82, 2.24) is 0 Å². The molecule has 0 radical (unpaired) electrons. The number of aryl methyl sites for hydroxylation is 1. The number of benzene rings is 1. The SMILES string of the molecule is Cc1cc(NCc2ccoc2)ccc1C#N. The Morgan fingerprint density at radius 2 is 2.25 bits per heavy atom. The minimum atomic E-state index is 0.717. The summed E-state index contributed by atoms with van der Waals surface area (Å²) in [5.41, 5.74) is 3.81. The zero-order chi connectivity index (χ0) is 11.4. The molecule has 3 heteroatoms. The van der Waals surface area contributed by atoms with Crippen LogP contribution in [-0.4, -0.2) is 0 Å². The molecule has 0 saturated heterocycles. The molecule has 3 nitrogen and oxygen atoms in total. The summed E-state index contributed by atoms with van der Waals surface area (Å²) in [6.07, 6.45) is 3.37. The molecular formula is C13H12N2O. The second kappa shape index (κ2) is 4.54. The van der Waals surface area contributed by atoms with Crippen LogP contribution in [0.15, 0.2) is 41.2 Å². The minimum Gasteiger partial charge on any atom is -0.472 e. The Morgan fingerprint density at radius 1 is 1.38 bits per heavy atom. The van der Waals surface area contributed by atoms with E-state index in [2.05, 4.69) is 11.4 Å². The maximum Gasteiger partial charge on any atom is 0.0994 e. The van der Waals surface area contributed by atoms with Crippen LogP contribution in [0.5, 0.6) is 0 Å². The zero-order valence-electron chi connectivity index (χ0n) is 9.03. The van der Waals surface area contributed by atoms with Crippen LogP contribution in [0, 0.1) is 18.3 Å². The molecule has 0 saturated carbocycles. The predicted molar refractivity (Wildman–Crippen MR) is 61.9 cm³/mol. The number of hydrogen-bond donors (Lipinski definition) is 1. The van der Waals surface area contributed by atoms with Crippen molar-refractivity contribution < 1.29 is 4.42 Å². The average molecular weight is 212 g/mol. The van der Waals surface area contributed by atoms with Gasteiger partial charge in [-0.05, 0) is 36.8 Å². The predicted octanol–water partition coefficient (Wildman–Crippen LogP) is 3.07. The van der Waals surface area contributed by atoms with Crippen molar-refractivity contribution in [1.29, 1.82) is 5.26 Å². The van der Waals surface area contributed by atoms with E-state index >= 15 is 0 Å². The van der Waals surface area contributed by atoms with E-state index in [0.29, 0.717) is 5.56 Å². The highest BCUT2D eigenvalue weighted by molar-refractivity contribution is 5.51. The van der Waals surface area contributed by atoms with E-state index in [1.807, 2.05) is 31.2 Å². The Balaban J connectivity index is 2.06. The normalized spacial score (nSPS) is 9.75. The van der Waals surface area contributed by atoms with E-state index in [1.54, 1.807) is 12.5 Å². The van der Waals surface area contributed by atoms with Crippen molar-refractivity contribution in [2.45, 2.75) is 13.5 Å². The summed E-state index contributed by atoms with van der Waals surface area (Å²) in [6.45, 7) is 2.66. The van der Waals surface area contributed by atoms with Crippen molar-refractivity contribution in [2.24, 2.45) is 0 Å². The molecule has 0 bridgehead atoms. The van der Waals surface area contributed by atoms with Gasteiger partial charge in [0, 0.05) is 17.8 Å². The highest BCUT2D eigenvalue weighted by Gasteiger charge is 1.99. The lowest BCUT2D eigenvalue weighted by Gasteiger charge is -2.06. The molecule has 0 spiro atoms. The number of hydrogen-bond acceptors (Lipinski definition) is 3. The molecule has 1 aromatic heterocycles. The second-order valence-corrected chi connectivity index (χ2v) is 3.63. The molecule has 1 aromatic carbocycles. The summed E-state index contributed by atoms with van der Waals surface area (Å²) in [4.78, 5) is 0. The van der Waals surface area contributed by atoms with Gasteiger partial charge in [-0.25, -0.2) is 0 Å². The lowest BCUT2D eigenvalue weighted by Crippen LogP contribution is -1.98. The van der Waals surface area contributed by atoms with Gasteiger partial charge in [0.15, 0.2) is 0 Å². The monoisotopic (exact) mass is 212 g/mol. The molecule has 0 fully saturated rings. The highest BCUT2D eigenvalue weighted by Crippen LogP contribution is 2.15. The first-order valence-corrected chi connectivity index (χ1v) is 5.05. The molecule has 0 aliphatic rings. The van der Waals surface area contributed by atoms with Gasteiger partial charge in [0.25, 0.3) is 0 Å².